The van der Waals surface area contributed by atoms with Crippen LogP contribution in [0.15, 0.2) is 12.3 Å². The van der Waals surface area contributed by atoms with Crippen molar-refractivity contribution in [1.82, 2.24) is 19.3 Å². The van der Waals surface area contributed by atoms with E-state index in [9.17, 15) is 31.1 Å². The van der Waals surface area contributed by atoms with Gasteiger partial charge in [0, 0.05) is 31.1 Å². The van der Waals surface area contributed by atoms with Crippen molar-refractivity contribution < 1.29 is 31.1 Å². The first-order chi connectivity index (χ1) is 15.4. The minimum absolute atomic E-state index is 0.0344. The number of sulfonamides is 1. The second-order valence-corrected chi connectivity index (χ2v) is 10.4. The number of β-amino-alcohol motifs (C(OH)–C–C–N with tert-alkyl or cyclic N) is 1. The van der Waals surface area contributed by atoms with E-state index in [4.69, 9.17) is 0 Å². The van der Waals surface area contributed by atoms with Gasteiger partial charge in [0.15, 0.2) is 5.82 Å². The predicted octanol–water partition coefficient (Wildman–Crippen LogP) is 2.37. The van der Waals surface area contributed by atoms with Crippen LogP contribution < -0.4 is 10.6 Å². The molecule has 2 fully saturated rings. The molecule has 1 aliphatic carbocycles. The van der Waals surface area contributed by atoms with E-state index in [0.29, 0.717) is 6.42 Å². The predicted molar refractivity (Wildman–Crippen MR) is 113 cm³/mol. The van der Waals surface area contributed by atoms with E-state index in [1.54, 1.807) is 0 Å². The topological polar surface area (TPSA) is 120 Å². The molecule has 33 heavy (non-hydrogen) atoms. The molecule has 2 aromatic heterocycles. The number of pyridine rings is 1. The lowest BCUT2D eigenvalue weighted by molar-refractivity contribution is -0.000664. The number of nitrogens with one attached hydrogen (secondary N) is 2. The molecule has 4 rings (SSSR count). The van der Waals surface area contributed by atoms with Crippen molar-refractivity contribution >= 4 is 32.7 Å². The number of aliphatic hydroxyl groups is 1. The fourth-order valence-electron chi connectivity index (χ4n) is 4.15. The third kappa shape index (κ3) is 5.11. The third-order valence-electron chi connectivity index (χ3n) is 5.96. The van der Waals surface area contributed by atoms with Gasteiger partial charge < -0.3 is 15.7 Å². The van der Waals surface area contributed by atoms with Gasteiger partial charge in [-0.1, -0.05) is 0 Å². The van der Waals surface area contributed by atoms with E-state index in [1.807, 2.05) is 0 Å². The van der Waals surface area contributed by atoms with E-state index in [1.165, 1.54) is 6.20 Å². The summed E-state index contributed by atoms with van der Waals surface area (Å²) in [4.78, 5) is 12.2. The van der Waals surface area contributed by atoms with Crippen LogP contribution in [0.5, 0.6) is 0 Å². The lowest BCUT2D eigenvalue weighted by Crippen LogP contribution is -2.51. The molecule has 3 atom stereocenters. The van der Waals surface area contributed by atoms with Crippen LogP contribution in [0.2, 0.25) is 0 Å². The number of rotatable bonds is 6. The van der Waals surface area contributed by atoms with Gasteiger partial charge in [-0.3, -0.25) is 0 Å². The molecule has 0 bridgehead atoms. The van der Waals surface area contributed by atoms with Gasteiger partial charge in [0.05, 0.1) is 24.4 Å². The average molecular weight is 492 g/mol. The highest BCUT2D eigenvalue weighted by Gasteiger charge is 2.44. The molecule has 0 amide bonds. The Kier molecular flexibility index (Phi) is 6.35. The minimum Gasteiger partial charge on any atom is -0.390 e. The Bertz CT molecular complexity index is 1140. The summed E-state index contributed by atoms with van der Waals surface area (Å²) in [6.07, 6.45) is -1.19. The molecule has 1 saturated heterocycles. The summed E-state index contributed by atoms with van der Waals surface area (Å²) >= 11 is 0. The van der Waals surface area contributed by atoms with Gasteiger partial charge in [0.25, 0.3) is 12.3 Å². The standard InChI is InChI=1S/C19H24F4N6O3S/c1-33(31,32)29-6-4-11(13(30)9-29)26-18-24-8-10-7-12(16(20)21)25-17(15(10)28-18)27-14-3-2-5-19(14,22)23/h7-8,11,13-14,16,30H,2-6,9H2,1H3,(H,25,27)(H,24,26,28)/t11-,13+,14-/m0/s1. The van der Waals surface area contributed by atoms with Crippen molar-refractivity contribution in [2.75, 3.05) is 30.0 Å². The van der Waals surface area contributed by atoms with E-state index >= 15 is 0 Å². The van der Waals surface area contributed by atoms with Gasteiger partial charge in [0.1, 0.15) is 11.2 Å². The van der Waals surface area contributed by atoms with Crippen molar-refractivity contribution in [2.45, 2.75) is 56.2 Å². The fraction of sp³-hybridized carbons (Fsp3) is 0.632. The van der Waals surface area contributed by atoms with Gasteiger partial charge in [-0.05, 0) is 25.3 Å². The van der Waals surface area contributed by atoms with Gasteiger partial charge in [-0.2, -0.15) is 4.31 Å². The summed E-state index contributed by atoms with van der Waals surface area (Å²) < 4.78 is 79.5. The Morgan fingerprint density at radius 3 is 2.61 bits per heavy atom. The lowest BCUT2D eigenvalue weighted by atomic mass is 10.0. The second kappa shape index (κ2) is 8.80. The Morgan fingerprint density at radius 2 is 2.00 bits per heavy atom. The monoisotopic (exact) mass is 492 g/mol. The molecule has 182 valence electrons. The fourth-order valence-corrected chi connectivity index (χ4v) is 5.01. The summed E-state index contributed by atoms with van der Waals surface area (Å²) in [5, 5.41) is 16.1. The van der Waals surface area contributed by atoms with Crippen molar-refractivity contribution in [2.24, 2.45) is 0 Å². The lowest BCUT2D eigenvalue weighted by Gasteiger charge is -2.34. The number of hydrogen-bond acceptors (Lipinski definition) is 8. The van der Waals surface area contributed by atoms with Gasteiger partial charge in [-0.25, -0.2) is 40.9 Å². The Hall–Kier alpha value is -2.32. The number of halogens is 4. The van der Waals surface area contributed by atoms with Crippen LogP contribution in [0.4, 0.5) is 29.3 Å². The molecule has 0 spiro atoms. The second-order valence-electron chi connectivity index (χ2n) is 8.41. The van der Waals surface area contributed by atoms with Crippen LogP contribution in [0.1, 0.15) is 37.8 Å². The first-order valence-electron chi connectivity index (χ1n) is 10.4. The van der Waals surface area contributed by atoms with E-state index in [-0.39, 0.29) is 55.0 Å². The van der Waals surface area contributed by atoms with E-state index < -0.39 is 46.3 Å². The number of nitrogens with zero attached hydrogens (tertiary/aromatic N) is 4. The van der Waals surface area contributed by atoms with Crippen molar-refractivity contribution in [3.8, 4) is 0 Å². The largest absolute Gasteiger partial charge is 0.390 e. The number of aromatic nitrogens is 3. The van der Waals surface area contributed by atoms with Crippen LogP contribution in [0.3, 0.4) is 0 Å². The molecule has 1 saturated carbocycles. The first kappa shape index (κ1) is 23.8. The molecule has 2 aromatic rings. The molecule has 0 radical (unpaired) electrons. The Morgan fingerprint density at radius 1 is 1.24 bits per heavy atom. The highest BCUT2D eigenvalue weighted by Crippen LogP contribution is 2.38. The molecule has 0 aromatic carbocycles. The zero-order valence-electron chi connectivity index (χ0n) is 17.7. The molecule has 2 aliphatic rings. The van der Waals surface area contributed by atoms with Crippen LogP contribution >= 0.6 is 0 Å². The van der Waals surface area contributed by atoms with Crippen molar-refractivity contribution in [3.63, 3.8) is 0 Å². The van der Waals surface area contributed by atoms with Crippen LogP contribution in [0, 0.1) is 0 Å². The van der Waals surface area contributed by atoms with E-state index in [2.05, 4.69) is 25.6 Å². The highest BCUT2D eigenvalue weighted by atomic mass is 32.2. The number of aliphatic hydroxyl groups excluding tert-OH is 1. The number of anilines is 2. The number of hydrogen-bond donors (Lipinski definition) is 3. The molecular weight excluding hydrogens is 468 g/mol. The maximum absolute atomic E-state index is 14.1. The normalized spacial score (nSPS) is 26.1. The minimum atomic E-state index is -3.45. The maximum atomic E-state index is 14.1. The summed E-state index contributed by atoms with van der Waals surface area (Å²) in [6.45, 7) is 0.0803. The number of piperidine rings is 1. The summed E-state index contributed by atoms with van der Waals surface area (Å²) in [5.74, 6) is -3.15. The Balaban J connectivity index is 1.61. The zero-order valence-corrected chi connectivity index (χ0v) is 18.5. The molecular formula is C19H24F4N6O3S. The van der Waals surface area contributed by atoms with E-state index in [0.717, 1.165) is 16.6 Å². The summed E-state index contributed by atoms with van der Waals surface area (Å²) in [6, 6.07) is -0.722. The number of alkyl halides is 4. The quantitative estimate of drug-likeness (QED) is 0.526. The zero-order chi connectivity index (χ0) is 24.0. The van der Waals surface area contributed by atoms with Crippen LogP contribution in [0.25, 0.3) is 10.9 Å². The maximum Gasteiger partial charge on any atom is 0.280 e. The molecule has 9 nitrogen and oxygen atoms in total. The SMILES string of the molecule is CS(=O)(=O)N1CC[C@H](Nc2ncc3cc(C(F)F)nc(N[C@H]4CCCC4(F)F)c3n2)[C@H](O)C1. The first-order valence-corrected chi connectivity index (χ1v) is 12.3. The highest BCUT2D eigenvalue weighted by molar-refractivity contribution is 7.88. The molecule has 3 N–H and O–H groups in total. The number of fused-ring (bicyclic) bond motifs is 1. The molecule has 3 heterocycles. The third-order valence-corrected chi connectivity index (χ3v) is 7.23. The van der Waals surface area contributed by atoms with Gasteiger partial charge >= 0.3 is 0 Å². The van der Waals surface area contributed by atoms with Crippen molar-refractivity contribution in [3.05, 3.63) is 18.0 Å². The van der Waals surface area contributed by atoms with Gasteiger partial charge in [-0.15, -0.1) is 0 Å². The molecule has 0 unspecified atom stereocenters. The average Bonchev–Trinajstić information content (AvgIpc) is 3.06. The Labute approximate surface area is 187 Å². The summed E-state index contributed by atoms with van der Waals surface area (Å²) in [5.41, 5.74) is -0.498. The molecule has 14 heteroatoms. The summed E-state index contributed by atoms with van der Waals surface area (Å²) in [7, 11) is -3.45. The smallest absolute Gasteiger partial charge is 0.280 e. The molecule has 1 aliphatic heterocycles. The van der Waals surface area contributed by atoms with Gasteiger partial charge in [0.2, 0.25) is 16.0 Å². The van der Waals surface area contributed by atoms with Crippen LogP contribution in [-0.4, -0.2) is 76.2 Å². The van der Waals surface area contributed by atoms with Crippen molar-refractivity contribution in [1.29, 1.82) is 0 Å². The van der Waals surface area contributed by atoms with Crippen LogP contribution in [-0.2, 0) is 10.0 Å².